The van der Waals surface area contributed by atoms with Gasteiger partial charge in [0.25, 0.3) is 22.6 Å². The van der Waals surface area contributed by atoms with Crippen molar-refractivity contribution >= 4 is 106 Å². The smallest absolute Gasteiger partial charge is 0.300 e. The minimum absolute atomic E-state index is 0.137. The highest BCUT2D eigenvalue weighted by Crippen LogP contribution is 2.28. The zero-order valence-corrected chi connectivity index (χ0v) is 44.8. The van der Waals surface area contributed by atoms with Gasteiger partial charge in [-0.3, -0.25) is 19.2 Å². The number of imidazole rings is 3. The molecule has 0 spiro atoms. The van der Waals surface area contributed by atoms with E-state index in [0.717, 1.165) is 40.0 Å². The van der Waals surface area contributed by atoms with Crippen molar-refractivity contribution in [2.75, 3.05) is 0 Å². The van der Waals surface area contributed by atoms with Crippen LogP contribution >= 0.6 is 34.0 Å². The van der Waals surface area contributed by atoms with Crippen molar-refractivity contribution in [1.29, 1.82) is 0 Å². The molecule has 0 amide bonds. The molecule has 82 heavy (non-hydrogen) atoms. The summed E-state index contributed by atoms with van der Waals surface area (Å²) >= 11 is 3.91. The summed E-state index contributed by atoms with van der Waals surface area (Å²) in [6.45, 7) is 1.08. The van der Waals surface area contributed by atoms with Crippen molar-refractivity contribution in [2.24, 2.45) is 0 Å². The number of hydrogen-bond donors (Lipinski definition) is 1. The van der Waals surface area contributed by atoms with Crippen LogP contribution < -0.4 is 30.3 Å². The van der Waals surface area contributed by atoms with Gasteiger partial charge in [0.2, 0.25) is 0 Å². The molecule has 0 saturated heterocycles. The highest BCUT2D eigenvalue weighted by atomic mass is 32.1. The Morgan fingerprint density at radius 3 is 0.951 bits per heavy atom. The van der Waals surface area contributed by atoms with Gasteiger partial charge in [0.15, 0.2) is 14.9 Å². The lowest BCUT2D eigenvalue weighted by Crippen LogP contribution is -2.22. The van der Waals surface area contributed by atoms with Gasteiger partial charge < -0.3 is 18.4 Å². The van der Waals surface area contributed by atoms with Crippen LogP contribution in [0.1, 0.15) is 24.2 Å². The fraction of sp³-hybridized carbons (Fsp3) is 0.0161. The molecule has 9 heterocycles. The average molecular weight is 1150 g/mol. The molecule has 0 aliphatic heterocycles. The van der Waals surface area contributed by atoms with Gasteiger partial charge in [0, 0.05) is 25.2 Å². The van der Waals surface area contributed by atoms with Crippen molar-refractivity contribution in [2.45, 2.75) is 6.92 Å². The van der Waals surface area contributed by atoms with Crippen molar-refractivity contribution in [3.05, 3.63) is 261 Å². The van der Waals surface area contributed by atoms with E-state index in [1.165, 1.54) is 52.2 Å². The van der Waals surface area contributed by atoms with E-state index in [1.54, 1.807) is 122 Å². The zero-order chi connectivity index (χ0) is 56.6. The van der Waals surface area contributed by atoms with Gasteiger partial charge in [-0.05, 0) is 109 Å². The number of hydrogen-bond acceptors (Lipinski definition) is 13. The van der Waals surface area contributed by atoms with Crippen molar-refractivity contribution in [3.63, 3.8) is 0 Å². The Hall–Kier alpha value is -10.3. The molecule has 15 rings (SSSR count). The summed E-state index contributed by atoms with van der Waals surface area (Å²) in [6, 6.07) is 52.1. The van der Waals surface area contributed by atoms with E-state index in [-0.39, 0.29) is 34.1 Å². The number of furan rings is 3. The lowest BCUT2D eigenvalue weighted by atomic mass is 10.1. The first-order chi connectivity index (χ1) is 39.8. The molecule has 0 fully saturated rings. The minimum Gasteiger partial charge on any atom is -0.481 e. The number of carbonyl (C=O) groups is 1. The van der Waals surface area contributed by atoms with Crippen LogP contribution in [0.15, 0.2) is 210 Å². The second-order valence-corrected chi connectivity index (χ2v) is 21.0. The molecule has 0 radical (unpaired) electrons. The monoisotopic (exact) mass is 1150 g/mol. The molecule has 0 aliphatic carbocycles. The van der Waals surface area contributed by atoms with Gasteiger partial charge in [0.05, 0.1) is 49.8 Å². The third-order valence-electron chi connectivity index (χ3n) is 12.6. The summed E-state index contributed by atoms with van der Waals surface area (Å²) in [4.78, 5) is 62.6. The summed E-state index contributed by atoms with van der Waals surface area (Å²) in [5, 5.41) is 7.42. The van der Waals surface area contributed by atoms with Crippen LogP contribution in [0.3, 0.4) is 0 Å². The van der Waals surface area contributed by atoms with Gasteiger partial charge in [-0.25, -0.2) is 41.3 Å². The fourth-order valence-corrected chi connectivity index (χ4v) is 11.8. The summed E-state index contributed by atoms with van der Waals surface area (Å²) < 4.78 is 65.2. The molecule has 0 unspecified atom stereocenters. The standard InChI is InChI=1S/3C20H11FN2O2S.C2H4O2/c3*21-14-6-2-1-5-13(14)17-10-9-12(25-17)11-18-19(24)23-16-8-4-3-7-15(16)22-20(23)26-18;1-2(3)4/h3*1-11H;1H3,(H,3,4)/b3*18-11-;. The first-order valence-electron chi connectivity index (χ1n) is 24.8. The third-order valence-corrected chi connectivity index (χ3v) is 15.5. The quantitative estimate of drug-likeness (QED) is 0.167. The second kappa shape index (κ2) is 22.1. The number of thiazole rings is 3. The van der Waals surface area contributed by atoms with Crippen molar-refractivity contribution in [3.8, 4) is 34.0 Å². The number of benzene rings is 6. The number of rotatable bonds is 6. The summed E-state index contributed by atoms with van der Waals surface area (Å²) in [5.74, 6) is 0.880. The van der Waals surface area contributed by atoms with E-state index in [9.17, 15) is 27.6 Å². The average Bonchev–Trinajstić information content (AvgIpc) is 4.50. The van der Waals surface area contributed by atoms with E-state index in [0.29, 0.717) is 79.7 Å². The van der Waals surface area contributed by atoms with Crippen LogP contribution in [-0.4, -0.2) is 39.2 Å². The number of aliphatic carboxylic acids is 1. The first kappa shape index (κ1) is 52.4. The van der Waals surface area contributed by atoms with Crippen LogP contribution in [0, 0.1) is 17.5 Å². The molecule has 402 valence electrons. The fourth-order valence-electron chi connectivity index (χ4n) is 8.93. The Labute approximate surface area is 470 Å². The van der Waals surface area contributed by atoms with Gasteiger partial charge in [-0.15, -0.1) is 0 Å². The lowest BCUT2D eigenvalue weighted by molar-refractivity contribution is -0.134. The number of carboxylic acid groups (broad SMARTS) is 1. The molecule has 20 heteroatoms. The van der Waals surface area contributed by atoms with Gasteiger partial charge in [-0.1, -0.05) is 107 Å². The van der Waals surface area contributed by atoms with Gasteiger partial charge >= 0.3 is 0 Å². The van der Waals surface area contributed by atoms with Crippen LogP contribution in [0.2, 0.25) is 0 Å². The highest BCUT2D eigenvalue weighted by Gasteiger charge is 2.16. The maximum absolute atomic E-state index is 13.9. The minimum atomic E-state index is -0.833. The Balaban J connectivity index is 0.000000118. The summed E-state index contributed by atoms with van der Waals surface area (Å²) in [6.07, 6.45) is 5.00. The maximum Gasteiger partial charge on any atom is 0.300 e. The van der Waals surface area contributed by atoms with Crippen molar-refractivity contribution < 1.29 is 36.3 Å². The molecular weight excluding hydrogens is 1110 g/mol. The molecule has 0 aliphatic rings. The van der Waals surface area contributed by atoms with Gasteiger partial charge in [0.1, 0.15) is 65.6 Å². The van der Waals surface area contributed by atoms with E-state index in [1.807, 2.05) is 72.8 Å². The maximum atomic E-state index is 13.9. The third kappa shape index (κ3) is 10.3. The molecule has 9 aromatic heterocycles. The number of para-hydroxylation sites is 6. The van der Waals surface area contributed by atoms with Gasteiger partial charge in [-0.2, -0.15) is 0 Å². The van der Waals surface area contributed by atoms with E-state index in [2.05, 4.69) is 15.0 Å². The SMILES string of the molecule is CC(=O)O.O=c1/c(=C/c2ccc(-c3ccccc3F)o2)sc2nc3ccccc3n12.O=c1/c(=C/c2ccc(-c3ccccc3F)o2)sc2nc3ccccc3n12.O=c1/c(=C/c2ccc(-c3ccccc3F)o2)sc2nc3ccccc3n12. The Bertz CT molecular complexity index is 4770. The number of nitrogens with zero attached hydrogens (tertiary/aromatic N) is 6. The molecule has 14 nitrogen and oxygen atoms in total. The summed E-state index contributed by atoms with van der Waals surface area (Å²) in [7, 11) is 0. The van der Waals surface area contributed by atoms with Crippen molar-refractivity contribution in [1.82, 2.24) is 28.2 Å². The zero-order valence-electron chi connectivity index (χ0n) is 42.4. The number of aromatic nitrogens is 6. The topological polar surface area (TPSA) is 180 Å². The first-order valence-corrected chi connectivity index (χ1v) is 27.3. The van der Waals surface area contributed by atoms with Crippen LogP contribution in [0.25, 0.3) is 100 Å². The second-order valence-electron chi connectivity index (χ2n) is 18.0. The Morgan fingerprint density at radius 2 is 0.671 bits per heavy atom. The molecule has 0 atom stereocenters. The van der Waals surface area contributed by atoms with E-state index in [4.69, 9.17) is 23.2 Å². The molecule has 6 aromatic carbocycles. The molecule has 0 bridgehead atoms. The van der Waals surface area contributed by atoms with Crippen LogP contribution in [-0.2, 0) is 4.79 Å². The number of carboxylic acids is 1. The predicted molar refractivity (Wildman–Crippen MR) is 313 cm³/mol. The lowest BCUT2D eigenvalue weighted by Gasteiger charge is -1.97. The number of halogens is 3. The molecular formula is C62H37F3N6O8S3. The van der Waals surface area contributed by atoms with Crippen LogP contribution in [0.4, 0.5) is 13.2 Å². The highest BCUT2D eigenvalue weighted by molar-refractivity contribution is 7.15. The molecule has 15 aromatic rings. The van der Waals surface area contributed by atoms with E-state index >= 15 is 0 Å². The number of fused-ring (bicyclic) bond motifs is 9. The van der Waals surface area contributed by atoms with Crippen LogP contribution in [0.5, 0.6) is 0 Å². The van der Waals surface area contributed by atoms with E-state index < -0.39 is 5.97 Å². The predicted octanol–water partition coefficient (Wildman–Crippen LogP) is 11.7. The normalized spacial score (nSPS) is 12.1. The Morgan fingerprint density at radius 1 is 0.415 bits per heavy atom. The molecule has 1 N–H and O–H groups in total. The Kier molecular flexibility index (Phi) is 14.1. The summed E-state index contributed by atoms with van der Waals surface area (Å²) in [5.41, 5.74) is 5.50. The largest absolute Gasteiger partial charge is 0.481 e. The molecule has 0 saturated carbocycles.